The zero-order valence-electron chi connectivity index (χ0n) is 16.0. The lowest BCUT2D eigenvalue weighted by atomic mass is 10.1. The lowest BCUT2D eigenvalue weighted by molar-refractivity contribution is -0.124. The molecule has 7 nitrogen and oxygen atoms in total. The van der Waals surface area contributed by atoms with Crippen molar-refractivity contribution < 1.29 is 22.7 Å². The van der Waals surface area contributed by atoms with E-state index in [-0.39, 0.29) is 23.5 Å². The van der Waals surface area contributed by atoms with E-state index in [4.69, 9.17) is 21.1 Å². The van der Waals surface area contributed by atoms with E-state index in [1.165, 1.54) is 23.5 Å². The smallest absolute Gasteiger partial charge is 0.258 e. The molecule has 1 amide bonds. The van der Waals surface area contributed by atoms with E-state index >= 15 is 0 Å². The fourth-order valence-corrected chi connectivity index (χ4v) is 4.74. The third kappa shape index (κ3) is 5.41. The van der Waals surface area contributed by atoms with Crippen LogP contribution in [0.3, 0.4) is 0 Å². The summed E-state index contributed by atoms with van der Waals surface area (Å²) in [5, 5.41) is 3.39. The van der Waals surface area contributed by atoms with Gasteiger partial charge in [0.1, 0.15) is 0 Å². The van der Waals surface area contributed by atoms with Crippen LogP contribution < -0.4 is 14.8 Å². The number of benzene rings is 2. The van der Waals surface area contributed by atoms with E-state index < -0.39 is 10.0 Å². The number of hydrogen-bond donors (Lipinski definition) is 1. The summed E-state index contributed by atoms with van der Waals surface area (Å²) in [5.41, 5.74) is 0. The Labute approximate surface area is 175 Å². The molecule has 1 heterocycles. The molecule has 0 aromatic heterocycles. The molecular formula is C20H23ClN2O5S. The van der Waals surface area contributed by atoms with Crippen LogP contribution in [0, 0.1) is 0 Å². The van der Waals surface area contributed by atoms with Gasteiger partial charge in [-0.3, -0.25) is 4.79 Å². The molecule has 1 saturated heterocycles. The molecule has 0 radical (unpaired) electrons. The highest BCUT2D eigenvalue weighted by atomic mass is 35.5. The number of hydrogen-bond acceptors (Lipinski definition) is 5. The standard InChI is InChI=1S/C20H23ClN2O5S/c1-27-18-4-2-3-5-19(18)28-14-20(24)22-16-10-12-23(13-11-16)29(25,26)17-8-6-15(21)7-9-17/h2-9,16H,10-14H2,1H3,(H,22,24). The van der Waals surface area contributed by atoms with Crippen molar-refractivity contribution in [3.63, 3.8) is 0 Å². The molecule has 0 saturated carbocycles. The monoisotopic (exact) mass is 438 g/mol. The third-order valence-corrected chi connectivity index (χ3v) is 6.86. The Hall–Kier alpha value is -2.29. The highest BCUT2D eigenvalue weighted by Crippen LogP contribution is 2.26. The molecule has 0 bridgehead atoms. The van der Waals surface area contributed by atoms with Crippen LogP contribution in [0.25, 0.3) is 0 Å². The van der Waals surface area contributed by atoms with Crippen LogP contribution >= 0.6 is 11.6 Å². The molecule has 156 valence electrons. The number of amides is 1. The Balaban J connectivity index is 1.49. The maximum Gasteiger partial charge on any atom is 0.258 e. The van der Waals surface area contributed by atoms with Gasteiger partial charge in [-0.05, 0) is 49.2 Å². The number of nitrogens with one attached hydrogen (secondary N) is 1. The number of ether oxygens (including phenoxy) is 2. The quantitative estimate of drug-likeness (QED) is 0.718. The number of para-hydroxylation sites is 2. The van der Waals surface area contributed by atoms with E-state index in [9.17, 15) is 13.2 Å². The average Bonchev–Trinajstić information content (AvgIpc) is 2.73. The molecule has 1 aliphatic heterocycles. The summed E-state index contributed by atoms with van der Waals surface area (Å²) in [7, 11) is -2.03. The van der Waals surface area contributed by atoms with Crippen LogP contribution in [0.5, 0.6) is 11.5 Å². The van der Waals surface area contributed by atoms with Gasteiger partial charge in [-0.2, -0.15) is 4.31 Å². The number of halogens is 1. The van der Waals surface area contributed by atoms with Gasteiger partial charge < -0.3 is 14.8 Å². The Morgan fingerprint density at radius 1 is 1.10 bits per heavy atom. The van der Waals surface area contributed by atoms with Crippen LogP contribution in [0.15, 0.2) is 53.4 Å². The van der Waals surface area contributed by atoms with Gasteiger partial charge in [-0.15, -0.1) is 0 Å². The van der Waals surface area contributed by atoms with Gasteiger partial charge in [-0.25, -0.2) is 8.42 Å². The average molecular weight is 439 g/mol. The maximum atomic E-state index is 12.7. The van der Waals surface area contributed by atoms with Crippen LogP contribution in [-0.2, 0) is 14.8 Å². The predicted molar refractivity (Wildman–Crippen MR) is 110 cm³/mol. The van der Waals surface area contributed by atoms with E-state index in [1.54, 1.807) is 30.3 Å². The van der Waals surface area contributed by atoms with Gasteiger partial charge in [0.05, 0.1) is 12.0 Å². The maximum absolute atomic E-state index is 12.7. The highest BCUT2D eigenvalue weighted by molar-refractivity contribution is 7.89. The highest BCUT2D eigenvalue weighted by Gasteiger charge is 2.30. The molecule has 1 fully saturated rings. The van der Waals surface area contributed by atoms with Crippen molar-refractivity contribution in [3.8, 4) is 11.5 Å². The summed E-state index contributed by atoms with van der Waals surface area (Å²) in [6.07, 6.45) is 1.07. The van der Waals surface area contributed by atoms with Gasteiger partial charge >= 0.3 is 0 Å². The summed E-state index contributed by atoms with van der Waals surface area (Å²) in [6.45, 7) is 0.538. The van der Waals surface area contributed by atoms with Crippen molar-refractivity contribution in [1.82, 2.24) is 9.62 Å². The van der Waals surface area contributed by atoms with Crippen molar-refractivity contribution >= 4 is 27.5 Å². The zero-order valence-corrected chi connectivity index (χ0v) is 17.6. The van der Waals surface area contributed by atoms with Gasteiger partial charge in [-0.1, -0.05) is 23.7 Å². The van der Waals surface area contributed by atoms with Gasteiger partial charge in [0.25, 0.3) is 5.91 Å². The molecule has 1 N–H and O–H groups in total. The minimum absolute atomic E-state index is 0.0968. The number of carbonyl (C=O) groups is 1. The fourth-order valence-electron chi connectivity index (χ4n) is 3.15. The first-order chi connectivity index (χ1) is 13.9. The first kappa shape index (κ1) is 21.4. The van der Waals surface area contributed by atoms with Crippen molar-refractivity contribution in [2.45, 2.75) is 23.8 Å². The van der Waals surface area contributed by atoms with Gasteiger partial charge in [0.2, 0.25) is 10.0 Å². The molecule has 9 heteroatoms. The summed E-state index contributed by atoms with van der Waals surface area (Å²) in [5.74, 6) is 0.796. The number of piperidine rings is 1. The number of carbonyl (C=O) groups excluding carboxylic acids is 1. The minimum Gasteiger partial charge on any atom is -0.493 e. The first-order valence-corrected chi connectivity index (χ1v) is 11.0. The van der Waals surface area contributed by atoms with E-state index in [1.807, 2.05) is 6.07 Å². The second kappa shape index (κ2) is 9.47. The Bertz CT molecular complexity index is 942. The number of nitrogens with zero attached hydrogens (tertiary/aromatic N) is 1. The molecule has 2 aromatic carbocycles. The number of rotatable bonds is 7. The third-order valence-electron chi connectivity index (χ3n) is 4.70. The van der Waals surface area contributed by atoms with E-state index in [2.05, 4.69) is 5.32 Å². The topological polar surface area (TPSA) is 84.9 Å². The fraction of sp³-hybridized carbons (Fsp3) is 0.350. The molecule has 1 aliphatic rings. The summed E-state index contributed by atoms with van der Waals surface area (Å²) >= 11 is 5.83. The molecule has 2 aromatic rings. The SMILES string of the molecule is COc1ccccc1OCC(=O)NC1CCN(S(=O)(=O)c2ccc(Cl)cc2)CC1. The summed E-state index contributed by atoms with van der Waals surface area (Å²) in [4.78, 5) is 12.4. The second-order valence-electron chi connectivity index (χ2n) is 6.64. The molecule has 0 spiro atoms. The normalized spacial score (nSPS) is 15.7. The van der Waals surface area contributed by atoms with Crippen molar-refractivity contribution in [2.75, 3.05) is 26.8 Å². The largest absolute Gasteiger partial charge is 0.493 e. The number of sulfonamides is 1. The van der Waals surface area contributed by atoms with Crippen molar-refractivity contribution in [2.24, 2.45) is 0 Å². The van der Waals surface area contributed by atoms with Gasteiger partial charge in [0.15, 0.2) is 18.1 Å². The molecule has 3 rings (SSSR count). The van der Waals surface area contributed by atoms with E-state index in [0.29, 0.717) is 42.5 Å². The van der Waals surface area contributed by atoms with E-state index in [0.717, 1.165) is 0 Å². The Morgan fingerprint density at radius 2 is 1.72 bits per heavy atom. The van der Waals surface area contributed by atoms with Crippen LogP contribution in [0.4, 0.5) is 0 Å². The molecule has 29 heavy (non-hydrogen) atoms. The zero-order chi connectivity index (χ0) is 20.9. The summed E-state index contributed by atoms with van der Waals surface area (Å²) < 4.78 is 37.6. The molecule has 0 aliphatic carbocycles. The summed E-state index contributed by atoms with van der Waals surface area (Å²) in [6, 6.07) is 13.1. The van der Waals surface area contributed by atoms with Crippen molar-refractivity contribution in [3.05, 3.63) is 53.6 Å². The Kier molecular flexibility index (Phi) is 7.00. The lowest BCUT2D eigenvalue weighted by Gasteiger charge is -2.31. The Morgan fingerprint density at radius 3 is 2.34 bits per heavy atom. The van der Waals surface area contributed by atoms with Gasteiger partial charge in [0, 0.05) is 24.2 Å². The molecule has 0 atom stereocenters. The molecular weight excluding hydrogens is 416 g/mol. The predicted octanol–water partition coefficient (Wildman–Crippen LogP) is 2.70. The second-order valence-corrected chi connectivity index (χ2v) is 9.01. The van der Waals surface area contributed by atoms with Crippen LogP contribution in [0.1, 0.15) is 12.8 Å². The van der Waals surface area contributed by atoms with Crippen molar-refractivity contribution in [1.29, 1.82) is 0 Å². The minimum atomic E-state index is -3.56. The van der Waals surface area contributed by atoms with Crippen LogP contribution in [-0.4, -0.2) is 51.5 Å². The van der Waals surface area contributed by atoms with Crippen LogP contribution in [0.2, 0.25) is 5.02 Å². The first-order valence-electron chi connectivity index (χ1n) is 9.21. The number of methoxy groups -OCH3 is 1. The lowest BCUT2D eigenvalue weighted by Crippen LogP contribution is -2.47. The molecule has 0 unspecified atom stereocenters.